The molecule has 100 valence electrons. The van der Waals surface area contributed by atoms with Crippen LogP contribution in [0.1, 0.15) is 16.8 Å². The molecule has 0 saturated heterocycles. The highest BCUT2D eigenvalue weighted by molar-refractivity contribution is 7.89. The van der Waals surface area contributed by atoms with E-state index in [1.54, 1.807) is 0 Å². The second kappa shape index (κ2) is 6.28. The summed E-state index contributed by atoms with van der Waals surface area (Å²) in [4.78, 5) is 11.6. The Morgan fingerprint density at radius 3 is 2.67 bits per heavy atom. The van der Waals surface area contributed by atoms with Crippen molar-refractivity contribution in [1.29, 1.82) is 0 Å². The zero-order valence-corrected chi connectivity index (χ0v) is 11.4. The van der Waals surface area contributed by atoms with E-state index in [4.69, 9.17) is 28.3 Å². The summed E-state index contributed by atoms with van der Waals surface area (Å²) >= 11 is 11.2. The minimum Gasteiger partial charge on any atom is -0.352 e. The SMILES string of the molecule is NS(=O)(=O)CCCNC(=O)c1cc(Cl)nnc1Cl. The first kappa shape index (κ1) is 15.1. The number of nitrogens with one attached hydrogen (secondary N) is 1. The van der Waals surface area contributed by atoms with Crippen LogP contribution in [-0.4, -0.2) is 36.8 Å². The third-order valence-electron chi connectivity index (χ3n) is 1.85. The Morgan fingerprint density at radius 1 is 1.39 bits per heavy atom. The molecule has 1 aromatic heterocycles. The maximum Gasteiger partial charge on any atom is 0.254 e. The van der Waals surface area contributed by atoms with Crippen LogP contribution in [0.25, 0.3) is 0 Å². The number of carbonyl (C=O) groups excluding carboxylic acids is 1. The lowest BCUT2D eigenvalue weighted by Crippen LogP contribution is -2.27. The van der Waals surface area contributed by atoms with Gasteiger partial charge in [0.05, 0.1) is 11.3 Å². The lowest BCUT2D eigenvalue weighted by Gasteiger charge is -2.05. The number of primary sulfonamides is 1. The lowest BCUT2D eigenvalue weighted by atomic mass is 10.3. The first-order chi connectivity index (χ1) is 8.29. The fourth-order valence-corrected chi connectivity index (χ4v) is 1.95. The largest absolute Gasteiger partial charge is 0.352 e. The molecule has 1 aromatic rings. The van der Waals surface area contributed by atoms with Crippen molar-refractivity contribution in [2.75, 3.05) is 12.3 Å². The Morgan fingerprint density at radius 2 is 2.06 bits per heavy atom. The summed E-state index contributed by atoms with van der Waals surface area (Å²) < 4.78 is 21.3. The number of sulfonamides is 1. The van der Waals surface area contributed by atoms with Gasteiger partial charge in [0.1, 0.15) is 0 Å². The molecule has 0 aromatic carbocycles. The highest BCUT2D eigenvalue weighted by Crippen LogP contribution is 2.14. The third kappa shape index (κ3) is 5.13. The van der Waals surface area contributed by atoms with Crippen molar-refractivity contribution in [2.24, 2.45) is 5.14 Å². The zero-order chi connectivity index (χ0) is 13.8. The summed E-state index contributed by atoms with van der Waals surface area (Å²) in [6.07, 6.45) is 0.203. The highest BCUT2D eigenvalue weighted by atomic mass is 35.5. The summed E-state index contributed by atoms with van der Waals surface area (Å²) in [5.74, 6) is -0.720. The minimum absolute atomic E-state index is 0.0362. The molecule has 1 rings (SSSR count). The van der Waals surface area contributed by atoms with Crippen molar-refractivity contribution in [2.45, 2.75) is 6.42 Å². The van der Waals surface area contributed by atoms with Gasteiger partial charge in [-0.05, 0) is 12.5 Å². The molecule has 0 bridgehead atoms. The van der Waals surface area contributed by atoms with Gasteiger partial charge < -0.3 is 5.32 Å². The number of halogens is 2. The van der Waals surface area contributed by atoms with Crippen LogP contribution < -0.4 is 10.5 Å². The Hall–Kier alpha value is -0.960. The molecule has 18 heavy (non-hydrogen) atoms. The van der Waals surface area contributed by atoms with Crippen LogP contribution in [0, 0.1) is 0 Å². The van der Waals surface area contributed by atoms with Crippen molar-refractivity contribution in [3.05, 3.63) is 21.9 Å². The molecule has 0 unspecified atom stereocenters. The van der Waals surface area contributed by atoms with Gasteiger partial charge >= 0.3 is 0 Å². The number of hydrogen-bond donors (Lipinski definition) is 2. The highest BCUT2D eigenvalue weighted by Gasteiger charge is 2.13. The van der Waals surface area contributed by atoms with Gasteiger partial charge in [-0.25, -0.2) is 13.6 Å². The normalized spacial score (nSPS) is 11.3. The smallest absolute Gasteiger partial charge is 0.254 e. The summed E-state index contributed by atoms with van der Waals surface area (Å²) in [7, 11) is -3.52. The molecule has 0 atom stereocenters. The number of nitrogens with two attached hydrogens (primary N) is 1. The fraction of sp³-hybridized carbons (Fsp3) is 0.375. The molecule has 3 N–H and O–H groups in total. The minimum atomic E-state index is -3.52. The van der Waals surface area contributed by atoms with Gasteiger partial charge in [0.2, 0.25) is 10.0 Å². The fourth-order valence-electron chi connectivity index (χ4n) is 1.08. The van der Waals surface area contributed by atoms with Crippen LogP contribution in [0.5, 0.6) is 0 Å². The summed E-state index contributed by atoms with van der Waals surface area (Å²) in [5.41, 5.74) is 0.0762. The molecule has 0 saturated carbocycles. The molecule has 1 heterocycles. The second-order valence-electron chi connectivity index (χ2n) is 3.35. The van der Waals surface area contributed by atoms with Crippen LogP contribution in [0.4, 0.5) is 0 Å². The first-order valence-corrected chi connectivity index (χ1v) is 7.24. The molecule has 0 spiro atoms. The van der Waals surface area contributed by atoms with Gasteiger partial charge in [-0.3, -0.25) is 4.79 Å². The van der Waals surface area contributed by atoms with Crippen molar-refractivity contribution in [3.8, 4) is 0 Å². The van der Waals surface area contributed by atoms with Crippen molar-refractivity contribution in [3.63, 3.8) is 0 Å². The van der Waals surface area contributed by atoms with Crippen LogP contribution in [0.15, 0.2) is 6.07 Å². The number of hydrogen-bond acceptors (Lipinski definition) is 5. The molecule has 1 amide bonds. The van der Waals surface area contributed by atoms with E-state index in [-0.39, 0.29) is 34.6 Å². The van der Waals surface area contributed by atoms with Gasteiger partial charge in [0.25, 0.3) is 5.91 Å². The van der Waals surface area contributed by atoms with Crippen LogP contribution in [0.3, 0.4) is 0 Å². The predicted molar refractivity (Wildman–Crippen MR) is 67.0 cm³/mol. The summed E-state index contributed by atoms with van der Waals surface area (Å²) in [5, 5.41) is 14.2. The van der Waals surface area contributed by atoms with E-state index in [0.29, 0.717) is 0 Å². The average molecular weight is 313 g/mol. The number of amides is 1. The lowest BCUT2D eigenvalue weighted by molar-refractivity contribution is 0.0953. The Bertz CT molecular complexity index is 549. The van der Waals surface area contributed by atoms with E-state index in [1.165, 1.54) is 6.07 Å². The number of aromatic nitrogens is 2. The molecule has 7 nitrogen and oxygen atoms in total. The van der Waals surface area contributed by atoms with Crippen LogP contribution >= 0.6 is 23.2 Å². The second-order valence-corrected chi connectivity index (χ2v) is 5.83. The Labute approximate surface area is 114 Å². The number of carbonyl (C=O) groups is 1. The van der Waals surface area contributed by atoms with E-state index in [9.17, 15) is 13.2 Å². The molecular formula is C8H10Cl2N4O3S. The summed E-state index contributed by atoms with van der Waals surface area (Å²) in [6.45, 7) is 0.144. The van der Waals surface area contributed by atoms with Gasteiger partial charge in [-0.1, -0.05) is 23.2 Å². The van der Waals surface area contributed by atoms with Crippen LogP contribution in [-0.2, 0) is 10.0 Å². The molecule has 0 aliphatic rings. The van der Waals surface area contributed by atoms with E-state index >= 15 is 0 Å². The molecule has 0 aliphatic carbocycles. The first-order valence-electron chi connectivity index (χ1n) is 4.77. The molecule has 0 aliphatic heterocycles. The van der Waals surface area contributed by atoms with Gasteiger partial charge in [0, 0.05) is 6.54 Å². The maximum atomic E-state index is 11.6. The molecule has 0 fully saturated rings. The van der Waals surface area contributed by atoms with Crippen LogP contribution in [0.2, 0.25) is 10.3 Å². The van der Waals surface area contributed by atoms with E-state index < -0.39 is 15.9 Å². The number of nitrogens with zero attached hydrogens (tertiary/aromatic N) is 2. The van der Waals surface area contributed by atoms with E-state index in [1.807, 2.05) is 0 Å². The van der Waals surface area contributed by atoms with E-state index in [0.717, 1.165) is 0 Å². The molecule has 10 heteroatoms. The average Bonchev–Trinajstić information content (AvgIpc) is 2.26. The van der Waals surface area contributed by atoms with Gasteiger partial charge in [-0.15, -0.1) is 10.2 Å². The molecular weight excluding hydrogens is 303 g/mol. The number of rotatable bonds is 5. The van der Waals surface area contributed by atoms with Crippen molar-refractivity contribution in [1.82, 2.24) is 15.5 Å². The maximum absolute atomic E-state index is 11.6. The Balaban J connectivity index is 2.53. The molecule has 0 radical (unpaired) electrons. The predicted octanol–water partition coefficient (Wildman–Crippen LogP) is 0.192. The van der Waals surface area contributed by atoms with Crippen molar-refractivity contribution < 1.29 is 13.2 Å². The zero-order valence-electron chi connectivity index (χ0n) is 9.06. The summed E-state index contributed by atoms with van der Waals surface area (Å²) in [6, 6.07) is 1.27. The monoisotopic (exact) mass is 312 g/mol. The van der Waals surface area contributed by atoms with Gasteiger partial charge in [0.15, 0.2) is 10.3 Å². The van der Waals surface area contributed by atoms with E-state index in [2.05, 4.69) is 15.5 Å². The quantitative estimate of drug-likeness (QED) is 0.753. The van der Waals surface area contributed by atoms with Crippen molar-refractivity contribution >= 4 is 39.1 Å². The Kier molecular flexibility index (Phi) is 5.27. The topological polar surface area (TPSA) is 115 Å². The third-order valence-corrected chi connectivity index (χ3v) is 3.18. The van der Waals surface area contributed by atoms with Gasteiger partial charge in [-0.2, -0.15) is 0 Å². The standard InChI is InChI=1S/C8H10Cl2N4O3S/c9-6-4-5(7(10)14-13-6)8(15)12-2-1-3-18(11,16)17/h4H,1-3H2,(H,12,15)(H2,11,16,17).